The summed E-state index contributed by atoms with van der Waals surface area (Å²) in [5, 5.41) is 6.53. The van der Waals surface area contributed by atoms with E-state index in [4.69, 9.17) is 9.26 Å². The lowest BCUT2D eigenvalue weighted by Crippen LogP contribution is -2.08. The van der Waals surface area contributed by atoms with Crippen molar-refractivity contribution in [3.8, 4) is 0 Å². The normalized spacial score (nSPS) is 9.93. The number of aromatic nitrogens is 1. The molecule has 1 rings (SSSR count). The molecule has 1 aromatic rings. The summed E-state index contributed by atoms with van der Waals surface area (Å²) in [7, 11) is 1.67. The molecule has 1 aromatic heterocycles. The van der Waals surface area contributed by atoms with Gasteiger partial charge in [0.15, 0.2) is 0 Å². The third kappa shape index (κ3) is 1.86. The maximum atomic E-state index is 11.5. The van der Waals surface area contributed by atoms with E-state index >= 15 is 0 Å². The SMILES string of the molecule is CCOC(=O)c1c(CC)noc1NC. The molecule has 0 aliphatic rings. The third-order valence-corrected chi connectivity index (χ3v) is 1.80. The first kappa shape index (κ1) is 10.6. The lowest BCUT2D eigenvalue weighted by Gasteiger charge is -2.01. The molecule has 0 amide bonds. The smallest absolute Gasteiger partial charge is 0.345 e. The Balaban J connectivity index is 3.01. The van der Waals surface area contributed by atoms with Gasteiger partial charge in [0.05, 0.1) is 6.61 Å². The Bertz CT molecular complexity index is 298. The topological polar surface area (TPSA) is 64.4 Å². The second kappa shape index (κ2) is 4.64. The Kier molecular flexibility index (Phi) is 3.50. The summed E-state index contributed by atoms with van der Waals surface area (Å²) in [5.74, 6) is -0.0322. The average molecular weight is 198 g/mol. The molecule has 14 heavy (non-hydrogen) atoms. The Morgan fingerprint density at radius 3 is 2.79 bits per heavy atom. The average Bonchev–Trinajstić information content (AvgIpc) is 2.60. The number of hydrogen-bond donors (Lipinski definition) is 1. The number of anilines is 1. The zero-order valence-electron chi connectivity index (χ0n) is 8.59. The number of carbonyl (C=O) groups excluding carboxylic acids is 1. The van der Waals surface area contributed by atoms with Gasteiger partial charge in [-0.3, -0.25) is 0 Å². The highest BCUT2D eigenvalue weighted by Gasteiger charge is 2.21. The van der Waals surface area contributed by atoms with Crippen molar-refractivity contribution in [2.45, 2.75) is 20.3 Å². The lowest BCUT2D eigenvalue weighted by molar-refractivity contribution is 0.0526. The first-order valence-electron chi connectivity index (χ1n) is 4.57. The summed E-state index contributed by atoms with van der Waals surface area (Å²) >= 11 is 0. The Morgan fingerprint density at radius 1 is 1.57 bits per heavy atom. The van der Waals surface area contributed by atoms with Crippen LogP contribution in [-0.2, 0) is 11.2 Å². The molecule has 5 heteroatoms. The molecule has 0 aromatic carbocycles. The second-order valence-corrected chi connectivity index (χ2v) is 2.66. The molecular formula is C9H14N2O3. The Morgan fingerprint density at radius 2 is 2.29 bits per heavy atom. The first-order valence-corrected chi connectivity index (χ1v) is 4.57. The van der Waals surface area contributed by atoms with E-state index in [1.165, 1.54) is 0 Å². The van der Waals surface area contributed by atoms with Gasteiger partial charge in [-0.2, -0.15) is 0 Å². The van der Waals surface area contributed by atoms with Crippen LogP contribution in [0.5, 0.6) is 0 Å². The van der Waals surface area contributed by atoms with E-state index in [1.54, 1.807) is 14.0 Å². The van der Waals surface area contributed by atoms with E-state index in [0.717, 1.165) is 0 Å². The van der Waals surface area contributed by atoms with Crippen LogP contribution in [0, 0.1) is 0 Å². The number of carbonyl (C=O) groups is 1. The molecule has 0 aliphatic heterocycles. The van der Waals surface area contributed by atoms with E-state index in [1.807, 2.05) is 6.92 Å². The number of esters is 1. The summed E-state index contributed by atoms with van der Waals surface area (Å²) in [5.41, 5.74) is 1.02. The molecule has 5 nitrogen and oxygen atoms in total. The van der Waals surface area contributed by atoms with E-state index in [-0.39, 0.29) is 0 Å². The third-order valence-electron chi connectivity index (χ3n) is 1.80. The number of rotatable bonds is 4. The molecule has 0 unspecified atom stereocenters. The van der Waals surface area contributed by atoms with Crippen LogP contribution < -0.4 is 5.32 Å². The van der Waals surface area contributed by atoms with Crippen molar-refractivity contribution in [2.24, 2.45) is 0 Å². The minimum absolute atomic E-state index is 0.344. The highest BCUT2D eigenvalue weighted by Crippen LogP contribution is 2.20. The van der Waals surface area contributed by atoms with Gasteiger partial charge in [-0.25, -0.2) is 4.79 Å². The van der Waals surface area contributed by atoms with Crippen LogP contribution in [0.4, 0.5) is 5.88 Å². The highest BCUT2D eigenvalue weighted by molar-refractivity contribution is 5.95. The highest BCUT2D eigenvalue weighted by atomic mass is 16.5. The van der Waals surface area contributed by atoms with Crippen LogP contribution in [0.3, 0.4) is 0 Å². The van der Waals surface area contributed by atoms with Crippen molar-refractivity contribution in [1.29, 1.82) is 0 Å². The monoisotopic (exact) mass is 198 g/mol. The van der Waals surface area contributed by atoms with Gasteiger partial charge >= 0.3 is 5.97 Å². The van der Waals surface area contributed by atoms with Crippen LogP contribution in [-0.4, -0.2) is 24.8 Å². The van der Waals surface area contributed by atoms with Crippen molar-refractivity contribution >= 4 is 11.9 Å². The van der Waals surface area contributed by atoms with Gasteiger partial charge in [0.25, 0.3) is 0 Å². The maximum absolute atomic E-state index is 11.5. The summed E-state index contributed by atoms with van der Waals surface area (Å²) in [6.07, 6.45) is 0.638. The number of aryl methyl sites for hydroxylation is 1. The molecule has 1 heterocycles. The van der Waals surface area contributed by atoms with Crippen molar-refractivity contribution in [3.05, 3.63) is 11.3 Å². The molecule has 1 N–H and O–H groups in total. The fourth-order valence-electron chi connectivity index (χ4n) is 1.15. The number of hydrogen-bond acceptors (Lipinski definition) is 5. The number of ether oxygens (including phenoxy) is 1. The molecule has 0 atom stereocenters. The van der Waals surface area contributed by atoms with Crippen molar-refractivity contribution < 1.29 is 14.1 Å². The van der Waals surface area contributed by atoms with Crippen molar-refractivity contribution in [3.63, 3.8) is 0 Å². The number of nitrogens with zero attached hydrogens (tertiary/aromatic N) is 1. The summed E-state index contributed by atoms with van der Waals surface area (Å²) < 4.78 is 9.83. The quantitative estimate of drug-likeness (QED) is 0.742. The second-order valence-electron chi connectivity index (χ2n) is 2.66. The zero-order valence-corrected chi connectivity index (χ0v) is 8.59. The maximum Gasteiger partial charge on any atom is 0.345 e. The van der Waals surface area contributed by atoms with Gasteiger partial charge in [0, 0.05) is 7.05 Å². The Hall–Kier alpha value is -1.52. The molecule has 0 radical (unpaired) electrons. The molecule has 0 bridgehead atoms. The standard InChI is InChI=1S/C9H14N2O3/c1-4-6-7(9(12)13-5-2)8(10-3)14-11-6/h10H,4-5H2,1-3H3. The van der Waals surface area contributed by atoms with E-state index < -0.39 is 5.97 Å². The van der Waals surface area contributed by atoms with Crippen molar-refractivity contribution in [2.75, 3.05) is 19.0 Å². The first-order chi connectivity index (χ1) is 6.74. The number of nitrogens with one attached hydrogen (secondary N) is 1. The predicted molar refractivity (Wildman–Crippen MR) is 51.4 cm³/mol. The summed E-state index contributed by atoms with van der Waals surface area (Å²) in [6.45, 7) is 4.01. The van der Waals surface area contributed by atoms with Crippen LogP contribution in [0.2, 0.25) is 0 Å². The minimum Gasteiger partial charge on any atom is -0.462 e. The van der Waals surface area contributed by atoms with Gasteiger partial charge in [-0.1, -0.05) is 12.1 Å². The van der Waals surface area contributed by atoms with Crippen LogP contribution >= 0.6 is 0 Å². The fraction of sp³-hybridized carbons (Fsp3) is 0.556. The summed E-state index contributed by atoms with van der Waals surface area (Å²) in [6, 6.07) is 0. The van der Waals surface area contributed by atoms with Gasteiger partial charge < -0.3 is 14.6 Å². The fourth-order valence-corrected chi connectivity index (χ4v) is 1.15. The van der Waals surface area contributed by atoms with Gasteiger partial charge in [-0.15, -0.1) is 0 Å². The zero-order chi connectivity index (χ0) is 10.6. The van der Waals surface area contributed by atoms with Crippen LogP contribution in [0.1, 0.15) is 29.9 Å². The summed E-state index contributed by atoms with van der Waals surface area (Å²) in [4.78, 5) is 11.5. The molecule has 0 saturated heterocycles. The van der Waals surface area contributed by atoms with Crippen LogP contribution in [0.15, 0.2) is 4.52 Å². The van der Waals surface area contributed by atoms with Gasteiger partial charge in [0.2, 0.25) is 5.88 Å². The molecule has 0 fully saturated rings. The Labute approximate surface area is 82.4 Å². The van der Waals surface area contributed by atoms with Crippen molar-refractivity contribution in [1.82, 2.24) is 5.16 Å². The minimum atomic E-state index is -0.394. The van der Waals surface area contributed by atoms with Gasteiger partial charge in [-0.05, 0) is 13.3 Å². The molecule has 0 aliphatic carbocycles. The molecule has 0 spiro atoms. The molecular weight excluding hydrogens is 184 g/mol. The largest absolute Gasteiger partial charge is 0.462 e. The van der Waals surface area contributed by atoms with Gasteiger partial charge in [0.1, 0.15) is 11.3 Å². The van der Waals surface area contributed by atoms with E-state index in [0.29, 0.717) is 30.2 Å². The molecule has 0 saturated carbocycles. The predicted octanol–water partition coefficient (Wildman–Crippen LogP) is 1.46. The van der Waals surface area contributed by atoms with Crippen LogP contribution in [0.25, 0.3) is 0 Å². The van der Waals surface area contributed by atoms with E-state index in [2.05, 4.69) is 10.5 Å². The lowest BCUT2D eigenvalue weighted by atomic mass is 10.2. The van der Waals surface area contributed by atoms with E-state index in [9.17, 15) is 4.79 Å². The molecule has 78 valence electrons.